The molecule has 2 rings (SSSR count). The Hall–Kier alpha value is -0.930. The minimum Gasteiger partial charge on any atom is -0.317 e. The van der Waals surface area contributed by atoms with Crippen LogP contribution in [0.3, 0.4) is 0 Å². The standard InChI is InChI=1S/C15H25N3/c1-2-16-12-14-6-5-10-18(13-14)11-8-15-7-3-4-9-17-15/h3-4,7,9,14,16H,2,5-6,8,10-13H2,1H3. The summed E-state index contributed by atoms with van der Waals surface area (Å²) < 4.78 is 0. The van der Waals surface area contributed by atoms with Crippen molar-refractivity contribution in [2.24, 2.45) is 5.92 Å². The van der Waals surface area contributed by atoms with Gasteiger partial charge in [0.2, 0.25) is 0 Å². The summed E-state index contributed by atoms with van der Waals surface area (Å²) in [5, 5.41) is 3.47. The fraction of sp³-hybridized carbons (Fsp3) is 0.667. The number of hydrogen-bond acceptors (Lipinski definition) is 3. The molecule has 3 heteroatoms. The number of hydrogen-bond donors (Lipinski definition) is 1. The summed E-state index contributed by atoms with van der Waals surface area (Å²) in [6.07, 6.45) is 5.69. The number of rotatable bonds is 6. The molecular formula is C15H25N3. The van der Waals surface area contributed by atoms with Gasteiger partial charge in [-0.15, -0.1) is 0 Å². The zero-order valence-electron chi connectivity index (χ0n) is 11.4. The van der Waals surface area contributed by atoms with Gasteiger partial charge in [-0.1, -0.05) is 13.0 Å². The predicted octanol–water partition coefficient (Wildman–Crippen LogP) is 1.95. The van der Waals surface area contributed by atoms with Gasteiger partial charge in [-0.25, -0.2) is 0 Å². The molecule has 1 unspecified atom stereocenters. The van der Waals surface area contributed by atoms with E-state index in [4.69, 9.17) is 0 Å². The van der Waals surface area contributed by atoms with Gasteiger partial charge in [0.1, 0.15) is 0 Å². The molecule has 0 radical (unpaired) electrons. The maximum absolute atomic E-state index is 4.39. The molecule has 0 saturated carbocycles. The van der Waals surface area contributed by atoms with Crippen molar-refractivity contribution in [1.29, 1.82) is 0 Å². The summed E-state index contributed by atoms with van der Waals surface area (Å²) in [7, 11) is 0. The first-order chi connectivity index (χ1) is 8.88. The van der Waals surface area contributed by atoms with Crippen molar-refractivity contribution in [2.45, 2.75) is 26.2 Å². The molecule has 18 heavy (non-hydrogen) atoms. The molecule has 1 aliphatic heterocycles. The van der Waals surface area contributed by atoms with Crippen LogP contribution in [0.25, 0.3) is 0 Å². The van der Waals surface area contributed by atoms with E-state index in [9.17, 15) is 0 Å². The summed E-state index contributed by atoms with van der Waals surface area (Å²) in [6.45, 7) is 8.11. The topological polar surface area (TPSA) is 28.2 Å². The molecule has 1 aromatic rings. The van der Waals surface area contributed by atoms with Crippen molar-refractivity contribution in [1.82, 2.24) is 15.2 Å². The monoisotopic (exact) mass is 247 g/mol. The van der Waals surface area contributed by atoms with Gasteiger partial charge in [0, 0.05) is 31.4 Å². The summed E-state index contributed by atoms with van der Waals surface area (Å²) in [5.74, 6) is 0.836. The summed E-state index contributed by atoms with van der Waals surface area (Å²) in [6, 6.07) is 6.18. The van der Waals surface area contributed by atoms with Crippen LogP contribution in [0.1, 0.15) is 25.5 Å². The van der Waals surface area contributed by atoms with Crippen molar-refractivity contribution >= 4 is 0 Å². The second kappa shape index (κ2) is 7.49. The van der Waals surface area contributed by atoms with E-state index in [1.54, 1.807) is 0 Å². The minimum atomic E-state index is 0.836. The Balaban J connectivity index is 1.72. The fourth-order valence-corrected chi connectivity index (χ4v) is 2.69. The zero-order valence-corrected chi connectivity index (χ0v) is 11.4. The molecule has 1 fully saturated rings. The van der Waals surface area contributed by atoms with Crippen molar-refractivity contribution in [2.75, 3.05) is 32.7 Å². The summed E-state index contributed by atoms with van der Waals surface area (Å²) in [4.78, 5) is 6.99. The second-order valence-electron chi connectivity index (χ2n) is 5.19. The first kappa shape index (κ1) is 13.5. The van der Waals surface area contributed by atoms with Gasteiger partial charge in [-0.2, -0.15) is 0 Å². The zero-order chi connectivity index (χ0) is 12.6. The van der Waals surface area contributed by atoms with E-state index in [1.807, 2.05) is 12.3 Å². The van der Waals surface area contributed by atoms with Gasteiger partial charge in [-0.05, 0) is 50.5 Å². The Morgan fingerprint density at radius 3 is 3.17 bits per heavy atom. The van der Waals surface area contributed by atoms with Crippen molar-refractivity contribution < 1.29 is 0 Å². The number of nitrogens with one attached hydrogen (secondary N) is 1. The third-order valence-electron chi connectivity index (χ3n) is 3.70. The predicted molar refractivity (Wildman–Crippen MR) is 75.6 cm³/mol. The largest absolute Gasteiger partial charge is 0.317 e. The van der Waals surface area contributed by atoms with Crippen LogP contribution in [-0.4, -0.2) is 42.6 Å². The SMILES string of the molecule is CCNCC1CCCN(CCc2ccccn2)C1. The highest BCUT2D eigenvalue weighted by atomic mass is 15.1. The molecular weight excluding hydrogens is 222 g/mol. The average molecular weight is 247 g/mol. The van der Waals surface area contributed by atoms with Crippen molar-refractivity contribution in [3.63, 3.8) is 0 Å². The number of pyridine rings is 1. The number of nitrogens with zero attached hydrogens (tertiary/aromatic N) is 2. The molecule has 3 nitrogen and oxygen atoms in total. The first-order valence-electron chi connectivity index (χ1n) is 7.21. The maximum Gasteiger partial charge on any atom is 0.0416 e. The van der Waals surface area contributed by atoms with Crippen LogP contribution >= 0.6 is 0 Å². The lowest BCUT2D eigenvalue weighted by Crippen LogP contribution is -2.40. The first-order valence-corrected chi connectivity index (χ1v) is 7.21. The van der Waals surface area contributed by atoms with E-state index in [1.165, 1.54) is 38.2 Å². The van der Waals surface area contributed by atoms with E-state index in [-0.39, 0.29) is 0 Å². The van der Waals surface area contributed by atoms with E-state index in [0.29, 0.717) is 0 Å². The Bertz CT molecular complexity index is 326. The molecule has 0 amide bonds. The van der Waals surface area contributed by atoms with E-state index in [0.717, 1.165) is 25.4 Å². The number of likely N-dealkylation sites (tertiary alicyclic amines) is 1. The minimum absolute atomic E-state index is 0.836. The average Bonchev–Trinajstić information content (AvgIpc) is 2.44. The Kier molecular flexibility index (Phi) is 5.62. The van der Waals surface area contributed by atoms with E-state index >= 15 is 0 Å². The van der Waals surface area contributed by atoms with Gasteiger partial charge in [0.05, 0.1) is 0 Å². The summed E-state index contributed by atoms with van der Waals surface area (Å²) >= 11 is 0. The van der Waals surface area contributed by atoms with Crippen LogP contribution < -0.4 is 5.32 Å². The van der Waals surface area contributed by atoms with Crippen LogP contribution in [0, 0.1) is 5.92 Å². The smallest absolute Gasteiger partial charge is 0.0416 e. The molecule has 0 aromatic carbocycles. The highest BCUT2D eigenvalue weighted by Gasteiger charge is 2.18. The lowest BCUT2D eigenvalue weighted by atomic mass is 9.98. The second-order valence-corrected chi connectivity index (χ2v) is 5.19. The van der Waals surface area contributed by atoms with Crippen LogP contribution in [0.5, 0.6) is 0 Å². The fourth-order valence-electron chi connectivity index (χ4n) is 2.69. The lowest BCUT2D eigenvalue weighted by molar-refractivity contribution is 0.174. The number of aromatic nitrogens is 1. The molecule has 0 bridgehead atoms. The highest BCUT2D eigenvalue weighted by molar-refractivity contribution is 5.03. The Morgan fingerprint density at radius 2 is 2.39 bits per heavy atom. The molecule has 1 atom stereocenters. The molecule has 1 aromatic heterocycles. The van der Waals surface area contributed by atoms with Gasteiger partial charge < -0.3 is 10.2 Å². The Morgan fingerprint density at radius 1 is 1.44 bits per heavy atom. The maximum atomic E-state index is 4.39. The summed E-state index contributed by atoms with van der Waals surface area (Å²) in [5.41, 5.74) is 1.21. The van der Waals surface area contributed by atoms with E-state index in [2.05, 4.69) is 34.3 Å². The molecule has 100 valence electrons. The molecule has 2 heterocycles. The van der Waals surface area contributed by atoms with Gasteiger partial charge in [-0.3, -0.25) is 4.98 Å². The van der Waals surface area contributed by atoms with Crippen LogP contribution in [0.4, 0.5) is 0 Å². The van der Waals surface area contributed by atoms with Crippen LogP contribution in [0.15, 0.2) is 24.4 Å². The third-order valence-corrected chi connectivity index (χ3v) is 3.70. The van der Waals surface area contributed by atoms with Gasteiger partial charge >= 0.3 is 0 Å². The van der Waals surface area contributed by atoms with Crippen LogP contribution in [-0.2, 0) is 6.42 Å². The third kappa shape index (κ3) is 4.39. The molecule has 0 spiro atoms. The van der Waals surface area contributed by atoms with Gasteiger partial charge in [0.15, 0.2) is 0 Å². The number of piperidine rings is 1. The molecule has 1 N–H and O–H groups in total. The van der Waals surface area contributed by atoms with E-state index < -0.39 is 0 Å². The normalized spacial score (nSPS) is 21.1. The highest BCUT2D eigenvalue weighted by Crippen LogP contribution is 2.15. The lowest BCUT2D eigenvalue weighted by Gasteiger charge is -2.32. The Labute approximate surface area is 111 Å². The molecule has 1 aliphatic rings. The van der Waals surface area contributed by atoms with Crippen molar-refractivity contribution in [3.05, 3.63) is 30.1 Å². The quantitative estimate of drug-likeness (QED) is 0.833. The van der Waals surface area contributed by atoms with Crippen LogP contribution in [0.2, 0.25) is 0 Å². The van der Waals surface area contributed by atoms with Gasteiger partial charge in [0.25, 0.3) is 0 Å². The molecule has 1 saturated heterocycles. The van der Waals surface area contributed by atoms with Crippen molar-refractivity contribution in [3.8, 4) is 0 Å². The molecule has 0 aliphatic carbocycles.